The Morgan fingerprint density at radius 1 is 1.57 bits per heavy atom. The van der Waals surface area contributed by atoms with Gasteiger partial charge in [-0.2, -0.15) is 0 Å². The van der Waals surface area contributed by atoms with Crippen LogP contribution in [0.5, 0.6) is 5.75 Å². The van der Waals surface area contributed by atoms with Crippen molar-refractivity contribution in [3.05, 3.63) is 23.0 Å². The number of hydrogen-bond acceptors (Lipinski definition) is 3. The molecule has 1 aromatic heterocycles. The van der Waals surface area contributed by atoms with Gasteiger partial charge in [-0.25, -0.2) is 18.6 Å². The summed E-state index contributed by atoms with van der Waals surface area (Å²) in [5.74, 6) is -1.98. The van der Waals surface area contributed by atoms with Crippen LogP contribution in [0, 0.1) is 6.92 Å². The molecule has 0 aromatic carbocycles. The van der Waals surface area contributed by atoms with Crippen LogP contribution in [0.3, 0.4) is 0 Å². The van der Waals surface area contributed by atoms with Crippen LogP contribution in [0.2, 0.25) is 0 Å². The molecule has 1 heterocycles. The largest absolute Gasteiger partial charge is 0.506 e. The van der Waals surface area contributed by atoms with Gasteiger partial charge in [-0.1, -0.05) is 0 Å². The van der Waals surface area contributed by atoms with Crippen LogP contribution >= 0.6 is 0 Å². The highest BCUT2D eigenvalue weighted by Gasteiger charge is 2.21. The van der Waals surface area contributed by atoms with Crippen molar-refractivity contribution in [2.24, 2.45) is 0 Å². The molecule has 0 radical (unpaired) electrons. The fraction of sp³-hybridized carbons (Fsp3) is 0.250. The highest BCUT2D eigenvalue weighted by molar-refractivity contribution is 5.87. The second kappa shape index (κ2) is 3.57. The van der Waals surface area contributed by atoms with Crippen LogP contribution in [0.15, 0.2) is 6.07 Å². The fourth-order valence-electron chi connectivity index (χ4n) is 0.947. The Morgan fingerprint density at radius 3 is 2.57 bits per heavy atom. The van der Waals surface area contributed by atoms with Gasteiger partial charge in [0.05, 0.1) is 11.3 Å². The van der Waals surface area contributed by atoms with Crippen molar-refractivity contribution in [1.29, 1.82) is 0 Å². The first-order valence-corrected chi connectivity index (χ1v) is 3.65. The van der Waals surface area contributed by atoms with Crippen molar-refractivity contribution < 1.29 is 23.8 Å². The van der Waals surface area contributed by atoms with E-state index in [9.17, 15) is 13.6 Å². The summed E-state index contributed by atoms with van der Waals surface area (Å²) in [7, 11) is 0. The van der Waals surface area contributed by atoms with Crippen LogP contribution in [-0.4, -0.2) is 21.2 Å². The lowest BCUT2D eigenvalue weighted by Crippen LogP contribution is -2.07. The van der Waals surface area contributed by atoms with Crippen LogP contribution in [0.25, 0.3) is 0 Å². The second-order valence-electron chi connectivity index (χ2n) is 2.64. The van der Waals surface area contributed by atoms with E-state index < -0.39 is 29.4 Å². The SMILES string of the molecule is Cc1nc(C(=O)O)c(C(F)F)cc1O. The summed E-state index contributed by atoms with van der Waals surface area (Å²) in [6.07, 6.45) is -2.97. The average Bonchev–Trinajstić information content (AvgIpc) is 2.08. The van der Waals surface area contributed by atoms with Gasteiger partial charge >= 0.3 is 5.97 Å². The van der Waals surface area contributed by atoms with E-state index in [2.05, 4.69) is 4.98 Å². The highest BCUT2D eigenvalue weighted by Crippen LogP contribution is 2.26. The number of pyridine rings is 1. The van der Waals surface area contributed by atoms with E-state index in [1.54, 1.807) is 0 Å². The number of aromatic hydroxyl groups is 1. The third-order valence-corrected chi connectivity index (χ3v) is 1.65. The molecule has 2 N–H and O–H groups in total. The number of carbonyl (C=O) groups is 1. The Kier molecular flexibility index (Phi) is 2.64. The molecular weight excluding hydrogens is 196 g/mol. The molecule has 6 heteroatoms. The van der Waals surface area contributed by atoms with E-state index in [-0.39, 0.29) is 5.69 Å². The summed E-state index contributed by atoms with van der Waals surface area (Å²) in [6.45, 7) is 1.33. The smallest absolute Gasteiger partial charge is 0.355 e. The quantitative estimate of drug-likeness (QED) is 0.767. The lowest BCUT2D eigenvalue weighted by molar-refractivity contribution is 0.0676. The van der Waals surface area contributed by atoms with Gasteiger partial charge in [0.25, 0.3) is 6.43 Å². The summed E-state index contributed by atoms with van der Waals surface area (Å²) in [4.78, 5) is 13.9. The fourth-order valence-corrected chi connectivity index (χ4v) is 0.947. The maximum absolute atomic E-state index is 12.3. The minimum Gasteiger partial charge on any atom is -0.506 e. The molecule has 0 unspecified atom stereocenters. The number of nitrogens with zero attached hydrogens (tertiary/aromatic N) is 1. The Balaban J connectivity index is 3.39. The normalized spacial score (nSPS) is 10.6. The number of aryl methyl sites for hydroxylation is 1. The Morgan fingerprint density at radius 2 is 2.14 bits per heavy atom. The first-order valence-electron chi connectivity index (χ1n) is 3.65. The van der Waals surface area contributed by atoms with Gasteiger partial charge in [0.15, 0.2) is 5.69 Å². The third kappa shape index (κ3) is 1.78. The lowest BCUT2D eigenvalue weighted by Gasteiger charge is -2.06. The zero-order chi connectivity index (χ0) is 10.9. The number of hydrogen-bond donors (Lipinski definition) is 2. The number of carboxylic acids is 1. The van der Waals surface area contributed by atoms with Crippen molar-refractivity contribution in [3.63, 3.8) is 0 Å². The standard InChI is InChI=1S/C8H7F2NO3/c1-3-5(12)2-4(7(9)10)6(11-3)8(13)14/h2,7,12H,1H3,(H,13,14). The number of alkyl halides is 2. The molecule has 0 amide bonds. The molecule has 0 fully saturated rings. The third-order valence-electron chi connectivity index (χ3n) is 1.65. The summed E-state index contributed by atoms with van der Waals surface area (Å²) in [5, 5.41) is 17.6. The summed E-state index contributed by atoms with van der Waals surface area (Å²) < 4.78 is 24.6. The molecule has 0 saturated heterocycles. The van der Waals surface area contributed by atoms with Gasteiger partial charge in [0.1, 0.15) is 5.75 Å². The number of rotatable bonds is 2. The first kappa shape index (κ1) is 10.4. The van der Waals surface area contributed by atoms with E-state index in [1.165, 1.54) is 6.92 Å². The topological polar surface area (TPSA) is 70.4 Å². The Hall–Kier alpha value is -1.72. The van der Waals surface area contributed by atoms with E-state index in [4.69, 9.17) is 10.2 Å². The molecule has 0 aliphatic heterocycles. The van der Waals surface area contributed by atoms with Crippen molar-refractivity contribution in [3.8, 4) is 5.75 Å². The maximum Gasteiger partial charge on any atom is 0.355 e. The molecule has 14 heavy (non-hydrogen) atoms. The average molecular weight is 203 g/mol. The zero-order valence-electron chi connectivity index (χ0n) is 7.16. The number of aromatic carboxylic acids is 1. The number of aromatic nitrogens is 1. The van der Waals surface area contributed by atoms with Crippen molar-refractivity contribution in [1.82, 2.24) is 4.98 Å². The first-order chi connectivity index (χ1) is 6.43. The van der Waals surface area contributed by atoms with E-state index >= 15 is 0 Å². The molecule has 1 rings (SSSR count). The van der Waals surface area contributed by atoms with E-state index in [1.807, 2.05) is 0 Å². The van der Waals surface area contributed by atoms with Crippen LogP contribution in [0.1, 0.15) is 28.2 Å². The summed E-state index contributed by atoms with van der Waals surface area (Å²) in [5.41, 5.74) is -1.50. The van der Waals surface area contributed by atoms with Gasteiger partial charge < -0.3 is 10.2 Å². The Bertz CT molecular complexity index is 379. The monoisotopic (exact) mass is 203 g/mol. The predicted octanol–water partition coefficient (Wildman–Crippen LogP) is 1.73. The van der Waals surface area contributed by atoms with Gasteiger partial charge in [-0.05, 0) is 13.0 Å². The second-order valence-corrected chi connectivity index (χ2v) is 2.64. The van der Waals surface area contributed by atoms with Crippen molar-refractivity contribution in [2.45, 2.75) is 13.3 Å². The molecule has 0 spiro atoms. The number of halogens is 2. The Labute approximate surface area is 77.8 Å². The highest BCUT2D eigenvalue weighted by atomic mass is 19.3. The van der Waals surface area contributed by atoms with Crippen LogP contribution in [-0.2, 0) is 0 Å². The minimum atomic E-state index is -2.97. The molecule has 76 valence electrons. The molecule has 4 nitrogen and oxygen atoms in total. The molecule has 0 saturated carbocycles. The van der Waals surface area contributed by atoms with Crippen molar-refractivity contribution in [2.75, 3.05) is 0 Å². The minimum absolute atomic E-state index is 0.00630. The number of carboxylic acid groups (broad SMARTS) is 1. The zero-order valence-corrected chi connectivity index (χ0v) is 7.16. The summed E-state index contributed by atoms with van der Waals surface area (Å²) >= 11 is 0. The molecule has 1 aromatic rings. The van der Waals surface area contributed by atoms with Gasteiger partial charge in [-0.3, -0.25) is 0 Å². The van der Waals surface area contributed by atoms with Gasteiger partial charge in [0, 0.05) is 0 Å². The predicted molar refractivity (Wildman–Crippen MR) is 42.6 cm³/mol. The molecule has 0 aliphatic rings. The van der Waals surface area contributed by atoms with Crippen LogP contribution in [0.4, 0.5) is 8.78 Å². The molecule has 0 bridgehead atoms. The molecular formula is C8H7F2NO3. The molecule has 0 aliphatic carbocycles. The van der Waals surface area contributed by atoms with Gasteiger partial charge in [0.2, 0.25) is 0 Å². The maximum atomic E-state index is 12.3. The van der Waals surface area contributed by atoms with E-state index in [0.717, 1.165) is 6.07 Å². The van der Waals surface area contributed by atoms with Gasteiger partial charge in [-0.15, -0.1) is 0 Å². The van der Waals surface area contributed by atoms with E-state index in [0.29, 0.717) is 0 Å². The van der Waals surface area contributed by atoms with Crippen LogP contribution < -0.4 is 0 Å². The van der Waals surface area contributed by atoms with Crippen molar-refractivity contribution >= 4 is 5.97 Å². The summed E-state index contributed by atoms with van der Waals surface area (Å²) in [6, 6.07) is 0.719. The molecule has 0 atom stereocenters. The lowest BCUT2D eigenvalue weighted by atomic mass is 10.1.